The molecule has 0 radical (unpaired) electrons. The first-order valence-electron chi connectivity index (χ1n) is 13.2. The molecular formula is C33H27N3O5S. The number of thiocarbonyl (C=S) groups is 1. The fourth-order valence-corrected chi connectivity index (χ4v) is 5.31. The van der Waals surface area contributed by atoms with Gasteiger partial charge in [-0.15, -0.1) is 0 Å². The van der Waals surface area contributed by atoms with Crippen LogP contribution in [-0.2, 0) is 4.74 Å². The Labute approximate surface area is 248 Å². The number of benzene rings is 3. The number of furan rings is 1. The number of hydrogen-bond donors (Lipinski definition) is 1. The second kappa shape index (κ2) is 11.8. The quantitative estimate of drug-likeness (QED) is 0.153. The van der Waals surface area contributed by atoms with Gasteiger partial charge in [-0.2, -0.15) is 0 Å². The SMILES string of the molecule is COC(=O)c1cccc(-c2ccc([C@@H]3[C@H](c4ccccn4)NC(=S)N3c3ccc(Oc4ccc(OC)cc4)cc3)o2)c1. The maximum atomic E-state index is 12.1. The summed E-state index contributed by atoms with van der Waals surface area (Å²) in [6.45, 7) is 0. The zero-order valence-corrected chi connectivity index (χ0v) is 23.7. The molecule has 2 aromatic heterocycles. The number of pyridine rings is 1. The van der Waals surface area contributed by atoms with Crippen molar-refractivity contribution in [1.82, 2.24) is 10.3 Å². The Morgan fingerprint density at radius 2 is 1.62 bits per heavy atom. The number of rotatable bonds is 8. The summed E-state index contributed by atoms with van der Waals surface area (Å²) in [5, 5.41) is 3.99. The first kappa shape index (κ1) is 27.0. The standard InChI is InChI=1S/C33H27N3O5S/c1-38-24-13-15-26(16-14-24)40-25-11-9-23(10-12-25)36-31(30(35-33(36)42)27-8-3-4-19-34-27)29-18-17-28(41-29)21-6-5-7-22(20-21)32(37)39-2/h3-20,30-31H,1-2H3,(H,35,42)/t30-,31+/m0/s1. The van der Waals surface area contributed by atoms with E-state index >= 15 is 0 Å². The predicted octanol–water partition coefficient (Wildman–Crippen LogP) is 7.11. The lowest BCUT2D eigenvalue weighted by molar-refractivity contribution is 0.0600. The van der Waals surface area contributed by atoms with E-state index in [2.05, 4.69) is 10.3 Å². The van der Waals surface area contributed by atoms with Crippen molar-refractivity contribution in [3.05, 3.63) is 126 Å². The van der Waals surface area contributed by atoms with Crippen LogP contribution in [0.3, 0.4) is 0 Å². The van der Waals surface area contributed by atoms with Gasteiger partial charge in [0.1, 0.15) is 34.8 Å². The van der Waals surface area contributed by atoms with Gasteiger partial charge in [0.2, 0.25) is 0 Å². The van der Waals surface area contributed by atoms with Crippen molar-refractivity contribution >= 4 is 29.0 Å². The minimum Gasteiger partial charge on any atom is -0.497 e. The lowest BCUT2D eigenvalue weighted by Crippen LogP contribution is -2.29. The highest BCUT2D eigenvalue weighted by molar-refractivity contribution is 7.80. The van der Waals surface area contributed by atoms with E-state index < -0.39 is 5.97 Å². The Bertz CT molecular complexity index is 1700. The van der Waals surface area contributed by atoms with Crippen LogP contribution in [0.4, 0.5) is 5.69 Å². The van der Waals surface area contributed by atoms with Crippen LogP contribution >= 0.6 is 12.2 Å². The highest BCUT2D eigenvalue weighted by Gasteiger charge is 2.42. The number of carbonyl (C=O) groups excluding carboxylic acids is 1. The number of hydrogen-bond acceptors (Lipinski definition) is 7. The van der Waals surface area contributed by atoms with Crippen LogP contribution in [-0.4, -0.2) is 30.3 Å². The molecular weight excluding hydrogens is 550 g/mol. The summed E-state index contributed by atoms with van der Waals surface area (Å²) in [4.78, 5) is 18.7. The third kappa shape index (κ3) is 5.42. The van der Waals surface area contributed by atoms with Gasteiger partial charge in [0.25, 0.3) is 0 Å². The zero-order chi connectivity index (χ0) is 29.1. The number of esters is 1. The molecule has 0 bridgehead atoms. The maximum Gasteiger partial charge on any atom is 0.337 e. The van der Waals surface area contributed by atoms with Gasteiger partial charge in [0.15, 0.2) is 5.11 Å². The van der Waals surface area contributed by atoms with Crippen LogP contribution in [0.15, 0.2) is 114 Å². The van der Waals surface area contributed by atoms with Crippen molar-refractivity contribution in [2.75, 3.05) is 19.1 Å². The molecule has 3 aromatic carbocycles. The number of anilines is 1. The fraction of sp³-hybridized carbons (Fsp3) is 0.121. The summed E-state index contributed by atoms with van der Waals surface area (Å²) in [5.74, 6) is 3.06. The molecule has 210 valence electrons. The van der Waals surface area contributed by atoms with Gasteiger partial charge in [-0.1, -0.05) is 18.2 Å². The Balaban J connectivity index is 1.33. The molecule has 1 saturated heterocycles. The van der Waals surface area contributed by atoms with Gasteiger partial charge < -0.3 is 28.8 Å². The van der Waals surface area contributed by atoms with Gasteiger partial charge >= 0.3 is 5.97 Å². The van der Waals surface area contributed by atoms with Gasteiger partial charge in [0.05, 0.1) is 31.5 Å². The third-order valence-corrected chi connectivity index (χ3v) is 7.31. The van der Waals surface area contributed by atoms with Crippen molar-refractivity contribution in [1.29, 1.82) is 0 Å². The minimum absolute atomic E-state index is 0.269. The largest absolute Gasteiger partial charge is 0.497 e. The smallest absolute Gasteiger partial charge is 0.337 e. The zero-order valence-electron chi connectivity index (χ0n) is 22.9. The normalized spacial score (nSPS) is 16.1. The predicted molar refractivity (Wildman–Crippen MR) is 163 cm³/mol. The number of ether oxygens (including phenoxy) is 3. The highest BCUT2D eigenvalue weighted by atomic mass is 32.1. The van der Waals surface area contributed by atoms with Gasteiger partial charge in [-0.05, 0) is 97.1 Å². The Hall–Kier alpha value is -5.15. The summed E-state index contributed by atoms with van der Waals surface area (Å²) < 4.78 is 22.6. The molecule has 42 heavy (non-hydrogen) atoms. The molecule has 0 saturated carbocycles. The van der Waals surface area contributed by atoms with Crippen LogP contribution < -0.4 is 19.7 Å². The molecule has 3 heterocycles. The third-order valence-electron chi connectivity index (χ3n) is 6.99. The summed E-state index contributed by atoms with van der Waals surface area (Å²) in [6, 6.07) is 31.3. The van der Waals surface area contributed by atoms with E-state index in [-0.39, 0.29) is 12.1 Å². The van der Waals surface area contributed by atoms with Crippen LogP contribution in [0, 0.1) is 0 Å². The molecule has 6 rings (SSSR count). The van der Waals surface area contributed by atoms with E-state index in [0.29, 0.717) is 33.7 Å². The van der Waals surface area contributed by atoms with Gasteiger partial charge in [-0.3, -0.25) is 4.98 Å². The number of aromatic nitrogens is 1. The second-order valence-electron chi connectivity index (χ2n) is 9.54. The van der Waals surface area contributed by atoms with E-state index in [1.807, 2.05) is 89.8 Å². The first-order valence-corrected chi connectivity index (χ1v) is 13.7. The second-order valence-corrected chi connectivity index (χ2v) is 9.93. The van der Waals surface area contributed by atoms with Crippen LogP contribution in [0.2, 0.25) is 0 Å². The average Bonchev–Trinajstić information content (AvgIpc) is 3.67. The molecule has 0 spiro atoms. The Kier molecular flexibility index (Phi) is 7.57. The van der Waals surface area contributed by atoms with E-state index in [4.69, 9.17) is 30.8 Å². The van der Waals surface area contributed by atoms with E-state index in [9.17, 15) is 4.79 Å². The van der Waals surface area contributed by atoms with E-state index in [0.717, 1.165) is 22.7 Å². The molecule has 0 amide bonds. The molecule has 8 nitrogen and oxygen atoms in total. The lowest BCUT2D eigenvalue weighted by atomic mass is 10.0. The molecule has 0 unspecified atom stereocenters. The van der Waals surface area contributed by atoms with Crippen LogP contribution in [0.1, 0.15) is 33.9 Å². The van der Waals surface area contributed by atoms with Crippen molar-refractivity contribution in [3.8, 4) is 28.6 Å². The summed E-state index contributed by atoms with van der Waals surface area (Å²) in [5.41, 5.74) is 2.90. The molecule has 5 aromatic rings. The molecule has 1 aliphatic rings. The first-order chi connectivity index (χ1) is 20.5. The number of carbonyl (C=O) groups is 1. The fourth-order valence-electron chi connectivity index (χ4n) is 4.96. The Morgan fingerprint density at radius 3 is 2.31 bits per heavy atom. The van der Waals surface area contributed by atoms with Crippen molar-refractivity contribution in [3.63, 3.8) is 0 Å². The van der Waals surface area contributed by atoms with E-state index in [1.54, 1.807) is 31.5 Å². The topological polar surface area (TPSA) is 86.1 Å². The number of methoxy groups -OCH3 is 2. The molecule has 9 heteroatoms. The molecule has 2 atom stereocenters. The number of nitrogens with one attached hydrogen (secondary N) is 1. The average molecular weight is 578 g/mol. The van der Waals surface area contributed by atoms with Crippen molar-refractivity contribution in [2.45, 2.75) is 12.1 Å². The number of nitrogens with zero attached hydrogens (tertiary/aromatic N) is 2. The summed E-state index contributed by atoms with van der Waals surface area (Å²) in [7, 11) is 2.99. The van der Waals surface area contributed by atoms with E-state index in [1.165, 1.54) is 7.11 Å². The van der Waals surface area contributed by atoms with Crippen molar-refractivity contribution < 1.29 is 23.4 Å². The van der Waals surface area contributed by atoms with Gasteiger partial charge in [-0.25, -0.2) is 4.79 Å². The van der Waals surface area contributed by atoms with Crippen LogP contribution in [0.25, 0.3) is 11.3 Å². The lowest BCUT2D eigenvalue weighted by Gasteiger charge is -2.26. The molecule has 1 N–H and O–H groups in total. The van der Waals surface area contributed by atoms with Crippen LogP contribution in [0.5, 0.6) is 17.2 Å². The summed E-state index contributed by atoms with van der Waals surface area (Å²) >= 11 is 5.85. The Morgan fingerprint density at radius 1 is 0.881 bits per heavy atom. The minimum atomic E-state index is -0.408. The summed E-state index contributed by atoms with van der Waals surface area (Å²) in [6.07, 6.45) is 1.76. The molecule has 0 aliphatic carbocycles. The maximum absolute atomic E-state index is 12.1. The molecule has 1 aliphatic heterocycles. The van der Waals surface area contributed by atoms with Gasteiger partial charge in [0, 0.05) is 17.4 Å². The highest BCUT2D eigenvalue weighted by Crippen LogP contribution is 2.43. The molecule has 1 fully saturated rings. The van der Waals surface area contributed by atoms with Crippen molar-refractivity contribution in [2.24, 2.45) is 0 Å². The monoisotopic (exact) mass is 577 g/mol.